The number of piperazine rings is 1. The van der Waals surface area contributed by atoms with Crippen LogP contribution in [-0.4, -0.2) is 66.1 Å². The van der Waals surface area contributed by atoms with Gasteiger partial charge in [0.2, 0.25) is 0 Å². The zero-order valence-electron chi connectivity index (χ0n) is 17.7. The van der Waals surface area contributed by atoms with E-state index in [1.54, 1.807) is 37.3 Å². The molecule has 6 nitrogen and oxygen atoms in total. The molecule has 8 heteroatoms. The molecule has 0 saturated carbocycles. The van der Waals surface area contributed by atoms with Gasteiger partial charge in [-0.05, 0) is 56.8 Å². The fourth-order valence-corrected chi connectivity index (χ4v) is 4.40. The van der Waals surface area contributed by atoms with Gasteiger partial charge in [0.05, 0.1) is 17.4 Å². The molecule has 1 fully saturated rings. The van der Waals surface area contributed by atoms with E-state index in [4.69, 9.17) is 0 Å². The van der Waals surface area contributed by atoms with Crippen LogP contribution < -0.4 is 10.0 Å². The van der Waals surface area contributed by atoms with Gasteiger partial charge in [-0.2, -0.15) is 0 Å². The van der Waals surface area contributed by atoms with Gasteiger partial charge in [-0.1, -0.05) is 6.07 Å². The second kappa shape index (κ2) is 10.4. The van der Waals surface area contributed by atoms with Crippen molar-refractivity contribution in [3.63, 3.8) is 0 Å². The summed E-state index contributed by atoms with van der Waals surface area (Å²) in [7, 11) is 2.12. The Kier molecular flexibility index (Phi) is 7.85. The van der Waals surface area contributed by atoms with Gasteiger partial charge < -0.3 is 14.8 Å². The van der Waals surface area contributed by atoms with Crippen molar-refractivity contribution >= 4 is 23.0 Å². The number of likely N-dealkylation sites (N-methyl/N-ethyl adjacent to an activating group) is 1. The molecular weight excluding hydrogens is 403 g/mol. The summed E-state index contributed by atoms with van der Waals surface area (Å²) < 4.78 is 29.3. The molecule has 2 aromatic carbocycles. The van der Waals surface area contributed by atoms with Crippen molar-refractivity contribution in [1.82, 2.24) is 14.5 Å². The van der Waals surface area contributed by atoms with E-state index in [2.05, 4.69) is 26.9 Å². The largest absolute Gasteiger partial charge is 0.593 e. The first kappa shape index (κ1) is 22.7. The number of halogens is 1. The molecule has 0 radical (unpaired) electrons. The van der Waals surface area contributed by atoms with Crippen LogP contribution in [0.2, 0.25) is 0 Å². The second-order valence-electron chi connectivity index (χ2n) is 7.84. The van der Waals surface area contributed by atoms with Gasteiger partial charge in [-0.15, -0.1) is 4.72 Å². The van der Waals surface area contributed by atoms with Crippen LogP contribution in [0.4, 0.5) is 10.1 Å². The SMILES string of the molecule is Cc1cc(NC(=O)c2cccc([S+]([O-])NC(C)CN3CCN(C)CC3)c2)ccc1F. The third-order valence-electron chi connectivity index (χ3n) is 5.16. The highest BCUT2D eigenvalue weighted by molar-refractivity contribution is 7.89. The molecule has 1 saturated heterocycles. The molecule has 3 rings (SSSR count). The Morgan fingerprint density at radius 1 is 1.20 bits per heavy atom. The number of anilines is 1. The van der Waals surface area contributed by atoms with Crippen LogP contribution in [-0.2, 0) is 11.4 Å². The summed E-state index contributed by atoms with van der Waals surface area (Å²) in [4.78, 5) is 17.8. The standard InChI is InChI=1S/C22H29FN4O2S/c1-16-13-19(7-8-21(16)23)24-22(28)18-5-4-6-20(14-18)30(29)25-17(2)15-27-11-9-26(3)10-12-27/h4-8,13-14,17,25H,9-12,15H2,1-3H3,(H,24,28). The van der Waals surface area contributed by atoms with Crippen molar-refractivity contribution in [2.45, 2.75) is 24.8 Å². The predicted octanol–water partition coefficient (Wildman–Crippen LogP) is 2.63. The van der Waals surface area contributed by atoms with Crippen LogP contribution in [0, 0.1) is 12.7 Å². The van der Waals surface area contributed by atoms with Crippen LogP contribution in [0.5, 0.6) is 0 Å². The Balaban J connectivity index is 1.58. The van der Waals surface area contributed by atoms with Crippen LogP contribution in [0.25, 0.3) is 0 Å². The lowest BCUT2D eigenvalue weighted by atomic mass is 10.2. The molecule has 2 unspecified atom stereocenters. The Morgan fingerprint density at radius 2 is 1.93 bits per heavy atom. The summed E-state index contributed by atoms with van der Waals surface area (Å²) in [5.74, 6) is -0.646. The van der Waals surface area contributed by atoms with Crippen LogP contribution in [0.3, 0.4) is 0 Å². The first-order valence-electron chi connectivity index (χ1n) is 10.1. The zero-order valence-corrected chi connectivity index (χ0v) is 18.5. The summed E-state index contributed by atoms with van der Waals surface area (Å²) >= 11 is -1.42. The minimum absolute atomic E-state index is 0.0499. The smallest absolute Gasteiger partial charge is 0.255 e. The third kappa shape index (κ3) is 6.26. The van der Waals surface area contributed by atoms with Crippen LogP contribution in [0.15, 0.2) is 47.4 Å². The quantitative estimate of drug-likeness (QED) is 0.659. The van der Waals surface area contributed by atoms with Gasteiger partial charge in [0.25, 0.3) is 5.91 Å². The van der Waals surface area contributed by atoms with Crippen LogP contribution in [0.1, 0.15) is 22.8 Å². The van der Waals surface area contributed by atoms with E-state index in [0.717, 1.165) is 32.7 Å². The minimum atomic E-state index is -1.42. The number of nitrogens with one attached hydrogen (secondary N) is 2. The van der Waals surface area contributed by atoms with Crippen molar-refractivity contribution in [2.75, 3.05) is 45.1 Å². The molecule has 2 atom stereocenters. The van der Waals surface area contributed by atoms with Crippen molar-refractivity contribution in [3.8, 4) is 0 Å². The first-order chi connectivity index (χ1) is 14.3. The Morgan fingerprint density at radius 3 is 2.63 bits per heavy atom. The van der Waals surface area contributed by atoms with Gasteiger partial charge in [-0.3, -0.25) is 9.69 Å². The summed E-state index contributed by atoms with van der Waals surface area (Å²) in [6.07, 6.45) is 0. The van der Waals surface area contributed by atoms with E-state index in [0.29, 0.717) is 21.7 Å². The number of carbonyl (C=O) groups is 1. The number of benzene rings is 2. The minimum Gasteiger partial charge on any atom is -0.593 e. The Bertz CT molecular complexity index is 874. The molecule has 0 bridgehead atoms. The van der Waals surface area contributed by atoms with E-state index in [9.17, 15) is 13.7 Å². The molecule has 2 aromatic rings. The van der Waals surface area contributed by atoms with Crippen molar-refractivity contribution < 1.29 is 13.7 Å². The lowest BCUT2D eigenvalue weighted by Crippen LogP contribution is -2.49. The number of hydrogen-bond donors (Lipinski definition) is 2. The third-order valence-corrected chi connectivity index (χ3v) is 6.46. The highest BCUT2D eigenvalue weighted by Gasteiger charge is 2.21. The number of amides is 1. The van der Waals surface area contributed by atoms with Crippen molar-refractivity contribution in [3.05, 3.63) is 59.4 Å². The average Bonchev–Trinajstić information content (AvgIpc) is 2.72. The first-order valence-corrected chi connectivity index (χ1v) is 11.2. The number of rotatable bonds is 7. The van der Waals surface area contributed by atoms with Crippen molar-refractivity contribution in [1.29, 1.82) is 0 Å². The molecule has 1 aliphatic heterocycles. The maximum atomic E-state index is 13.4. The topological polar surface area (TPSA) is 70.7 Å². The predicted molar refractivity (Wildman–Crippen MR) is 118 cm³/mol. The maximum absolute atomic E-state index is 13.4. The normalized spacial score (nSPS) is 17.5. The number of aryl methyl sites for hydroxylation is 1. The fraction of sp³-hybridized carbons (Fsp3) is 0.409. The molecule has 1 aliphatic rings. The monoisotopic (exact) mass is 432 g/mol. The average molecular weight is 433 g/mol. The summed E-state index contributed by atoms with van der Waals surface area (Å²) in [5.41, 5.74) is 1.38. The molecular formula is C22H29FN4O2S. The zero-order chi connectivity index (χ0) is 21.7. The van der Waals surface area contributed by atoms with Gasteiger partial charge in [0.15, 0.2) is 4.90 Å². The molecule has 1 amide bonds. The fourth-order valence-electron chi connectivity index (χ4n) is 3.38. The summed E-state index contributed by atoms with van der Waals surface area (Å²) in [6, 6.07) is 11.2. The lowest BCUT2D eigenvalue weighted by molar-refractivity contribution is 0.102. The molecule has 1 heterocycles. The van der Waals surface area contributed by atoms with E-state index in [1.165, 1.54) is 12.1 Å². The van der Waals surface area contributed by atoms with Crippen molar-refractivity contribution in [2.24, 2.45) is 0 Å². The Labute approximate surface area is 180 Å². The van der Waals surface area contributed by atoms with Gasteiger partial charge in [0, 0.05) is 50.0 Å². The molecule has 0 spiro atoms. The maximum Gasteiger partial charge on any atom is 0.255 e. The number of hydrogen-bond acceptors (Lipinski definition) is 5. The highest BCUT2D eigenvalue weighted by atomic mass is 32.2. The van der Waals surface area contributed by atoms with E-state index in [1.807, 2.05) is 6.92 Å². The molecule has 0 aromatic heterocycles. The van der Waals surface area contributed by atoms with Crippen LogP contribution >= 0.6 is 0 Å². The Hall–Kier alpha value is -1.97. The van der Waals surface area contributed by atoms with E-state index >= 15 is 0 Å². The van der Waals surface area contributed by atoms with Gasteiger partial charge in [0.1, 0.15) is 5.82 Å². The van der Waals surface area contributed by atoms with Gasteiger partial charge in [-0.25, -0.2) is 4.39 Å². The molecule has 2 N–H and O–H groups in total. The number of carbonyl (C=O) groups excluding carboxylic acids is 1. The lowest BCUT2D eigenvalue weighted by Gasteiger charge is -2.33. The van der Waals surface area contributed by atoms with E-state index < -0.39 is 11.4 Å². The molecule has 0 aliphatic carbocycles. The summed E-state index contributed by atoms with van der Waals surface area (Å²) in [5, 5.41) is 2.76. The highest BCUT2D eigenvalue weighted by Crippen LogP contribution is 2.17. The second-order valence-corrected chi connectivity index (χ2v) is 9.08. The van der Waals surface area contributed by atoms with E-state index in [-0.39, 0.29) is 17.8 Å². The molecule has 30 heavy (non-hydrogen) atoms. The summed E-state index contributed by atoms with van der Waals surface area (Å²) in [6.45, 7) is 8.58. The van der Waals surface area contributed by atoms with Gasteiger partial charge >= 0.3 is 0 Å². The number of nitrogens with zero attached hydrogens (tertiary/aromatic N) is 2. The molecule has 162 valence electrons.